The summed E-state index contributed by atoms with van der Waals surface area (Å²) < 4.78 is 4.66. The van der Waals surface area contributed by atoms with E-state index >= 15 is 0 Å². The van der Waals surface area contributed by atoms with Crippen molar-refractivity contribution in [2.45, 2.75) is 6.92 Å². The quantitative estimate of drug-likeness (QED) is 0.719. The molecule has 1 aromatic carbocycles. The highest BCUT2D eigenvalue weighted by atomic mass is 16.4. The number of nitrogens with one attached hydrogen (secondary N) is 1. The zero-order valence-electron chi connectivity index (χ0n) is 7.20. The van der Waals surface area contributed by atoms with Crippen molar-refractivity contribution in [1.29, 1.82) is 0 Å². The van der Waals surface area contributed by atoms with Crippen LogP contribution in [0.4, 0.5) is 0 Å². The van der Waals surface area contributed by atoms with Crippen LogP contribution in [0, 0.1) is 6.92 Å². The maximum atomic E-state index is 10.8. The van der Waals surface area contributed by atoms with Gasteiger partial charge in [0.05, 0.1) is 5.69 Å². The van der Waals surface area contributed by atoms with E-state index in [4.69, 9.17) is 0 Å². The van der Waals surface area contributed by atoms with Crippen LogP contribution in [-0.2, 0) is 0 Å². The second kappa shape index (κ2) is 2.94. The molecule has 0 aliphatic heterocycles. The molecule has 0 spiro atoms. The van der Waals surface area contributed by atoms with E-state index in [-0.39, 0.29) is 0 Å². The SMILES string of the molecule is Cc1ccccc1-c1coc(=O)[nH]1. The van der Waals surface area contributed by atoms with Crippen LogP contribution in [0.25, 0.3) is 11.3 Å². The van der Waals surface area contributed by atoms with E-state index in [9.17, 15) is 4.79 Å². The van der Waals surface area contributed by atoms with Gasteiger partial charge in [-0.1, -0.05) is 24.3 Å². The Labute approximate surface area is 75.0 Å². The van der Waals surface area contributed by atoms with Gasteiger partial charge in [-0.3, -0.25) is 4.98 Å². The summed E-state index contributed by atoms with van der Waals surface area (Å²) in [6, 6.07) is 7.81. The Morgan fingerprint density at radius 2 is 2.08 bits per heavy atom. The molecule has 2 rings (SSSR count). The number of benzene rings is 1. The van der Waals surface area contributed by atoms with Gasteiger partial charge >= 0.3 is 5.76 Å². The second-order valence-corrected chi connectivity index (χ2v) is 2.88. The van der Waals surface area contributed by atoms with E-state index in [0.717, 1.165) is 16.8 Å². The van der Waals surface area contributed by atoms with Gasteiger partial charge in [0.2, 0.25) is 0 Å². The van der Waals surface area contributed by atoms with Crippen LogP contribution in [0.15, 0.2) is 39.7 Å². The van der Waals surface area contributed by atoms with Crippen molar-refractivity contribution in [2.24, 2.45) is 0 Å². The fraction of sp³-hybridized carbons (Fsp3) is 0.100. The van der Waals surface area contributed by atoms with Crippen molar-refractivity contribution in [3.8, 4) is 11.3 Å². The fourth-order valence-electron chi connectivity index (χ4n) is 1.29. The predicted octanol–water partition coefficient (Wildman–Crippen LogP) is 1.94. The Morgan fingerprint density at radius 1 is 1.31 bits per heavy atom. The van der Waals surface area contributed by atoms with Gasteiger partial charge in [-0.15, -0.1) is 0 Å². The lowest BCUT2D eigenvalue weighted by Crippen LogP contribution is -1.95. The molecule has 0 radical (unpaired) electrons. The summed E-state index contributed by atoms with van der Waals surface area (Å²) in [6.07, 6.45) is 1.44. The maximum absolute atomic E-state index is 10.8. The van der Waals surface area contributed by atoms with E-state index in [1.807, 2.05) is 31.2 Å². The molecular weight excluding hydrogens is 166 g/mol. The number of oxazole rings is 1. The van der Waals surface area contributed by atoms with Gasteiger partial charge in [0.1, 0.15) is 6.26 Å². The molecule has 0 fully saturated rings. The molecule has 0 saturated heterocycles. The van der Waals surface area contributed by atoms with Crippen LogP contribution in [0.1, 0.15) is 5.56 Å². The highest BCUT2D eigenvalue weighted by molar-refractivity contribution is 5.61. The molecule has 3 heteroatoms. The van der Waals surface area contributed by atoms with Crippen LogP contribution in [0.2, 0.25) is 0 Å². The third kappa shape index (κ3) is 1.40. The molecule has 0 aliphatic carbocycles. The van der Waals surface area contributed by atoms with E-state index < -0.39 is 5.76 Å². The Balaban J connectivity index is 2.58. The van der Waals surface area contributed by atoms with Crippen molar-refractivity contribution in [3.05, 3.63) is 46.6 Å². The number of hydrogen-bond donors (Lipinski definition) is 1. The molecule has 0 amide bonds. The number of rotatable bonds is 1. The number of aromatic nitrogens is 1. The predicted molar refractivity (Wildman–Crippen MR) is 49.5 cm³/mol. The Kier molecular flexibility index (Phi) is 1.77. The molecule has 3 nitrogen and oxygen atoms in total. The van der Waals surface area contributed by atoms with Crippen molar-refractivity contribution in [3.63, 3.8) is 0 Å². The highest BCUT2D eigenvalue weighted by Crippen LogP contribution is 2.19. The summed E-state index contributed by atoms with van der Waals surface area (Å²) >= 11 is 0. The number of aromatic amines is 1. The van der Waals surface area contributed by atoms with Gasteiger partial charge in [0.25, 0.3) is 0 Å². The minimum absolute atomic E-state index is 0.418. The van der Waals surface area contributed by atoms with E-state index in [1.54, 1.807) is 0 Å². The summed E-state index contributed by atoms with van der Waals surface area (Å²) in [5, 5.41) is 0. The minimum atomic E-state index is -0.418. The lowest BCUT2D eigenvalue weighted by molar-refractivity contribution is 0.515. The molecule has 1 heterocycles. The molecule has 66 valence electrons. The average Bonchev–Trinajstić information content (AvgIpc) is 2.53. The van der Waals surface area contributed by atoms with Crippen LogP contribution in [0.3, 0.4) is 0 Å². The molecule has 2 aromatic rings. The van der Waals surface area contributed by atoms with E-state index in [0.29, 0.717) is 0 Å². The van der Waals surface area contributed by atoms with Crippen LogP contribution in [-0.4, -0.2) is 4.98 Å². The normalized spacial score (nSPS) is 10.2. The largest absolute Gasteiger partial charge is 0.416 e. The summed E-state index contributed by atoms with van der Waals surface area (Å²) in [4.78, 5) is 13.4. The zero-order valence-corrected chi connectivity index (χ0v) is 7.20. The van der Waals surface area contributed by atoms with E-state index in [2.05, 4.69) is 9.40 Å². The van der Waals surface area contributed by atoms with Gasteiger partial charge in [-0.05, 0) is 12.5 Å². The fourth-order valence-corrected chi connectivity index (χ4v) is 1.29. The number of hydrogen-bond acceptors (Lipinski definition) is 2. The maximum Gasteiger partial charge on any atom is 0.416 e. The van der Waals surface area contributed by atoms with Gasteiger partial charge in [-0.25, -0.2) is 4.79 Å². The first-order valence-corrected chi connectivity index (χ1v) is 4.01. The molecule has 0 saturated carbocycles. The molecule has 1 aromatic heterocycles. The van der Waals surface area contributed by atoms with Crippen LogP contribution >= 0.6 is 0 Å². The smallest absolute Gasteiger partial charge is 0.416 e. The highest BCUT2D eigenvalue weighted by Gasteiger charge is 2.03. The summed E-state index contributed by atoms with van der Waals surface area (Å²) in [5.74, 6) is -0.418. The molecule has 13 heavy (non-hydrogen) atoms. The Hall–Kier alpha value is -1.77. The molecule has 0 atom stereocenters. The Morgan fingerprint density at radius 3 is 2.69 bits per heavy atom. The topological polar surface area (TPSA) is 46.0 Å². The van der Waals surface area contributed by atoms with Gasteiger partial charge in [0, 0.05) is 5.56 Å². The molecule has 0 bridgehead atoms. The van der Waals surface area contributed by atoms with Crippen LogP contribution < -0.4 is 5.76 Å². The summed E-state index contributed by atoms with van der Waals surface area (Å²) in [6.45, 7) is 1.99. The number of aryl methyl sites for hydroxylation is 1. The van der Waals surface area contributed by atoms with Crippen molar-refractivity contribution in [2.75, 3.05) is 0 Å². The molecular formula is C10H9NO2. The molecule has 0 unspecified atom stereocenters. The number of H-pyrrole nitrogens is 1. The molecule has 0 aliphatic rings. The average molecular weight is 175 g/mol. The lowest BCUT2D eigenvalue weighted by atomic mass is 10.1. The van der Waals surface area contributed by atoms with Gasteiger partial charge in [-0.2, -0.15) is 0 Å². The van der Waals surface area contributed by atoms with Gasteiger partial charge in [0.15, 0.2) is 0 Å². The van der Waals surface area contributed by atoms with Crippen molar-refractivity contribution >= 4 is 0 Å². The third-order valence-electron chi connectivity index (χ3n) is 1.96. The Bertz CT molecular complexity index is 468. The van der Waals surface area contributed by atoms with Crippen LogP contribution in [0.5, 0.6) is 0 Å². The first-order chi connectivity index (χ1) is 6.27. The standard InChI is InChI=1S/C10H9NO2/c1-7-4-2-3-5-8(7)9-6-13-10(12)11-9/h2-6H,1H3,(H,11,12). The monoisotopic (exact) mass is 175 g/mol. The lowest BCUT2D eigenvalue weighted by Gasteiger charge is -1.99. The van der Waals surface area contributed by atoms with Crippen molar-refractivity contribution in [1.82, 2.24) is 4.98 Å². The van der Waals surface area contributed by atoms with E-state index in [1.165, 1.54) is 6.26 Å². The van der Waals surface area contributed by atoms with Crippen molar-refractivity contribution < 1.29 is 4.42 Å². The zero-order chi connectivity index (χ0) is 9.26. The van der Waals surface area contributed by atoms with Gasteiger partial charge < -0.3 is 4.42 Å². The first kappa shape index (κ1) is 7.86. The minimum Gasteiger partial charge on any atom is -0.416 e. The molecule has 1 N–H and O–H groups in total. The summed E-state index contributed by atoms with van der Waals surface area (Å²) in [7, 11) is 0. The first-order valence-electron chi connectivity index (χ1n) is 4.01. The summed E-state index contributed by atoms with van der Waals surface area (Å²) in [5.41, 5.74) is 2.83. The third-order valence-corrected chi connectivity index (χ3v) is 1.96. The second-order valence-electron chi connectivity index (χ2n) is 2.88.